The molecule has 2 N–H and O–H groups in total. The van der Waals surface area contributed by atoms with Crippen LogP contribution in [0.15, 0.2) is 18.3 Å². The van der Waals surface area contributed by atoms with Crippen LogP contribution in [0.1, 0.15) is 25.7 Å². The Morgan fingerprint density at radius 2 is 1.81 bits per heavy atom. The molecule has 5 heteroatoms. The Labute approximate surface area is 96.1 Å². The molecule has 2 rings (SSSR count). The smallest absolute Gasteiger partial charge is 0.423 e. The van der Waals surface area contributed by atoms with Gasteiger partial charge in [-0.1, -0.05) is 12.8 Å². The normalized spacial score (nSPS) is 17.0. The van der Waals surface area contributed by atoms with Gasteiger partial charge in [0.05, 0.1) is 0 Å². The van der Waals surface area contributed by atoms with E-state index in [0.717, 1.165) is 18.9 Å². The predicted molar refractivity (Wildman–Crippen MR) is 64.7 cm³/mol. The quantitative estimate of drug-likeness (QED) is 0.696. The fourth-order valence-corrected chi connectivity index (χ4v) is 2.07. The lowest BCUT2D eigenvalue weighted by Crippen LogP contribution is -2.32. The predicted octanol–water partition coefficient (Wildman–Crippen LogP) is 0.142. The number of rotatable bonds is 2. The molecule has 1 aromatic rings. The fourth-order valence-electron chi connectivity index (χ4n) is 2.07. The summed E-state index contributed by atoms with van der Waals surface area (Å²) in [7, 11) is -1.41. The van der Waals surface area contributed by atoms with Crippen LogP contribution in [-0.4, -0.2) is 35.2 Å². The van der Waals surface area contributed by atoms with Crippen LogP contribution < -0.4 is 10.4 Å². The van der Waals surface area contributed by atoms with Crippen LogP contribution in [0.25, 0.3) is 0 Å². The maximum absolute atomic E-state index is 9.11. The van der Waals surface area contributed by atoms with E-state index in [0.29, 0.717) is 5.46 Å². The van der Waals surface area contributed by atoms with Crippen molar-refractivity contribution in [2.75, 3.05) is 18.0 Å². The zero-order valence-corrected chi connectivity index (χ0v) is 9.34. The highest BCUT2D eigenvalue weighted by atomic mass is 16.4. The molecule has 1 fully saturated rings. The van der Waals surface area contributed by atoms with Crippen molar-refractivity contribution in [2.45, 2.75) is 25.7 Å². The Hall–Kier alpha value is -1.07. The Morgan fingerprint density at radius 3 is 2.44 bits per heavy atom. The molecule has 1 aliphatic heterocycles. The fraction of sp³-hybridized carbons (Fsp3) is 0.545. The minimum atomic E-state index is -1.41. The Kier molecular flexibility index (Phi) is 3.80. The highest BCUT2D eigenvalue weighted by molar-refractivity contribution is 6.58. The van der Waals surface area contributed by atoms with Gasteiger partial charge in [0.15, 0.2) is 0 Å². The molecule has 2 heterocycles. The molecule has 16 heavy (non-hydrogen) atoms. The summed E-state index contributed by atoms with van der Waals surface area (Å²) < 4.78 is 0. The molecule has 0 saturated carbocycles. The van der Waals surface area contributed by atoms with Crippen molar-refractivity contribution in [3.63, 3.8) is 0 Å². The number of hydrogen-bond donors (Lipinski definition) is 2. The van der Waals surface area contributed by atoms with Crippen molar-refractivity contribution in [3.05, 3.63) is 18.3 Å². The number of pyridine rings is 1. The topological polar surface area (TPSA) is 56.6 Å². The summed E-state index contributed by atoms with van der Waals surface area (Å²) in [6, 6.07) is 3.39. The van der Waals surface area contributed by atoms with Crippen LogP contribution in [0, 0.1) is 0 Å². The van der Waals surface area contributed by atoms with Crippen molar-refractivity contribution in [3.8, 4) is 0 Å². The molecule has 1 aromatic heterocycles. The van der Waals surface area contributed by atoms with E-state index in [2.05, 4.69) is 9.88 Å². The second kappa shape index (κ2) is 5.32. The first-order valence-electron chi connectivity index (χ1n) is 5.84. The molecule has 86 valence electrons. The molecule has 0 spiro atoms. The van der Waals surface area contributed by atoms with Crippen molar-refractivity contribution in [1.29, 1.82) is 0 Å². The van der Waals surface area contributed by atoms with Crippen LogP contribution >= 0.6 is 0 Å². The van der Waals surface area contributed by atoms with Crippen molar-refractivity contribution >= 4 is 18.4 Å². The van der Waals surface area contributed by atoms with Gasteiger partial charge in [-0.15, -0.1) is 0 Å². The number of hydrogen-bond acceptors (Lipinski definition) is 4. The maximum atomic E-state index is 9.11. The van der Waals surface area contributed by atoms with Gasteiger partial charge in [-0.05, 0) is 30.4 Å². The van der Waals surface area contributed by atoms with Crippen LogP contribution in [0.3, 0.4) is 0 Å². The second-order valence-corrected chi connectivity index (χ2v) is 4.22. The molecule has 0 radical (unpaired) electrons. The zero-order valence-electron chi connectivity index (χ0n) is 9.34. The minimum absolute atomic E-state index is 0.509. The maximum Gasteiger partial charge on any atom is 0.488 e. The number of anilines is 1. The molecule has 1 aliphatic rings. The monoisotopic (exact) mass is 220 g/mol. The Bertz CT molecular complexity index is 339. The van der Waals surface area contributed by atoms with Crippen molar-refractivity contribution in [1.82, 2.24) is 4.98 Å². The molecular formula is C11H17BN2O2. The van der Waals surface area contributed by atoms with E-state index >= 15 is 0 Å². The molecule has 0 atom stereocenters. The largest absolute Gasteiger partial charge is 0.488 e. The summed E-state index contributed by atoms with van der Waals surface area (Å²) in [6.07, 6.45) is 6.56. The average molecular weight is 220 g/mol. The third-order valence-electron chi connectivity index (χ3n) is 3.00. The van der Waals surface area contributed by atoms with E-state index < -0.39 is 7.12 Å². The summed E-state index contributed by atoms with van der Waals surface area (Å²) in [4.78, 5) is 6.51. The second-order valence-electron chi connectivity index (χ2n) is 4.22. The number of aromatic nitrogens is 1. The van der Waals surface area contributed by atoms with Crippen LogP contribution in [-0.2, 0) is 0 Å². The minimum Gasteiger partial charge on any atom is -0.423 e. The Morgan fingerprint density at radius 1 is 1.12 bits per heavy atom. The van der Waals surface area contributed by atoms with Gasteiger partial charge in [0.25, 0.3) is 0 Å². The first-order valence-corrected chi connectivity index (χ1v) is 5.84. The molecular weight excluding hydrogens is 203 g/mol. The van der Waals surface area contributed by atoms with E-state index in [4.69, 9.17) is 10.0 Å². The van der Waals surface area contributed by atoms with E-state index in [9.17, 15) is 0 Å². The summed E-state index contributed by atoms with van der Waals surface area (Å²) in [6.45, 7) is 2.02. The highest BCUT2D eigenvalue weighted by Crippen LogP contribution is 2.15. The first-order chi connectivity index (χ1) is 7.77. The van der Waals surface area contributed by atoms with Crippen molar-refractivity contribution < 1.29 is 10.0 Å². The molecule has 0 bridgehead atoms. The highest BCUT2D eigenvalue weighted by Gasteiger charge is 2.15. The van der Waals surface area contributed by atoms with Gasteiger partial charge < -0.3 is 14.9 Å². The van der Waals surface area contributed by atoms with Gasteiger partial charge in [0, 0.05) is 19.3 Å². The SMILES string of the molecule is OB(O)c1ccnc(N2CCCCCC2)c1. The molecule has 4 nitrogen and oxygen atoms in total. The third-order valence-corrected chi connectivity index (χ3v) is 3.00. The summed E-state index contributed by atoms with van der Waals surface area (Å²) in [5.41, 5.74) is 0.509. The lowest BCUT2D eigenvalue weighted by Gasteiger charge is -2.21. The van der Waals surface area contributed by atoms with Crippen molar-refractivity contribution in [2.24, 2.45) is 0 Å². The summed E-state index contributed by atoms with van der Waals surface area (Å²) >= 11 is 0. The first kappa shape index (κ1) is 11.4. The molecule has 0 amide bonds. The van der Waals surface area contributed by atoms with Gasteiger partial charge in [-0.25, -0.2) is 4.98 Å². The lowest BCUT2D eigenvalue weighted by molar-refractivity contribution is 0.425. The van der Waals surface area contributed by atoms with Crippen LogP contribution in [0.4, 0.5) is 5.82 Å². The van der Waals surface area contributed by atoms with Gasteiger partial charge in [0.2, 0.25) is 0 Å². The van der Waals surface area contributed by atoms with E-state index in [1.807, 2.05) is 0 Å². The summed E-state index contributed by atoms with van der Waals surface area (Å²) in [5, 5.41) is 18.2. The van der Waals surface area contributed by atoms with E-state index in [-0.39, 0.29) is 0 Å². The van der Waals surface area contributed by atoms with Gasteiger partial charge in [0.1, 0.15) is 5.82 Å². The Balaban J connectivity index is 2.15. The van der Waals surface area contributed by atoms with Gasteiger partial charge in [-0.3, -0.25) is 0 Å². The van der Waals surface area contributed by atoms with E-state index in [1.54, 1.807) is 18.3 Å². The van der Waals surface area contributed by atoms with Crippen LogP contribution in [0.5, 0.6) is 0 Å². The summed E-state index contributed by atoms with van der Waals surface area (Å²) in [5.74, 6) is 0.854. The van der Waals surface area contributed by atoms with Crippen LogP contribution in [0.2, 0.25) is 0 Å². The van der Waals surface area contributed by atoms with E-state index in [1.165, 1.54) is 25.7 Å². The molecule has 0 aromatic carbocycles. The molecule has 1 saturated heterocycles. The molecule has 0 aliphatic carbocycles. The standard InChI is InChI=1S/C11H17BN2O2/c15-12(16)10-5-6-13-11(9-10)14-7-3-1-2-4-8-14/h5-6,9,15-16H,1-4,7-8H2. The zero-order chi connectivity index (χ0) is 11.4. The van der Waals surface area contributed by atoms with Gasteiger partial charge in [-0.2, -0.15) is 0 Å². The number of nitrogens with zero attached hydrogens (tertiary/aromatic N) is 2. The average Bonchev–Trinajstić information content (AvgIpc) is 2.57. The molecule has 0 unspecified atom stereocenters. The van der Waals surface area contributed by atoms with Gasteiger partial charge >= 0.3 is 7.12 Å². The third kappa shape index (κ3) is 2.74. The lowest BCUT2D eigenvalue weighted by atomic mass is 9.81.